The molecule has 1 fully saturated rings. The van der Waals surface area contributed by atoms with Gasteiger partial charge in [-0.25, -0.2) is 4.90 Å². The number of methoxy groups -OCH3 is 1. The number of para-hydroxylation sites is 1. The molecule has 0 aliphatic carbocycles. The minimum absolute atomic E-state index is 0.258. The van der Waals surface area contributed by atoms with Crippen LogP contribution in [0.25, 0.3) is 0 Å². The fourth-order valence-corrected chi connectivity index (χ4v) is 2.81. The quantitative estimate of drug-likeness (QED) is 0.791. The van der Waals surface area contributed by atoms with Crippen molar-refractivity contribution in [1.82, 2.24) is 4.90 Å². The van der Waals surface area contributed by atoms with E-state index >= 15 is 0 Å². The average molecular weight is 286 g/mol. The zero-order valence-electron chi connectivity index (χ0n) is 12.2. The Kier molecular flexibility index (Phi) is 3.29. The van der Waals surface area contributed by atoms with E-state index in [1.54, 1.807) is 19.2 Å². The van der Waals surface area contributed by atoms with Crippen molar-refractivity contribution in [1.29, 1.82) is 0 Å². The normalized spacial score (nSPS) is 25.7. The average Bonchev–Trinajstić information content (AvgIpc) is 3.01. The highest BCUT2D eigenvalue weighted by Gasteiger charge is 2.41. The third-order valence-electron chi connectivity index (χ3n) is 4.19. The van der Waals surface area contributed by atoms with Crippen molar-refractivity contribution >= 4 is 17.5 Å². The molecule has 21 heavy (non-hydrogen) atoms. The van der Waals surface area contributed by atoms with E-state index in [9.17, 15) is 9.59 Å². The predicted molar refractivity (Wildman–Crippen MR) is 78.6 cm³/mol. The van der Waals surface area contributed by atoms with Gasteiger partial charge in [0.05, 0.1) is 11.3 Å². The number of carbonyl (C=O) groups excluding carboxylic acids is 2. The minimum Gasteiger partial charge on any atom is -0.377 e. The summed E-state index contributed by atoms with van der Waals surface area (Å²) in [6.45, 7) is 3.36. The Morgan fingerprint density at radius 1 is 1.19 bits per heavy atom. The molecule has 1 aromatic carbocycles. The third-order valence-corrected chi connectivity index (χ3v) is 4.19. The van der Waals surface area contributed by atoms with E-state index in [0.717, 1.165) is 13.0 Å². The molecule has 1 unspecified atom stereocenters. The molecule has 0 spiro atoms. The maximum atomic E-state index is 12.6. The molecule has 0 saturated carbocycles. The summed E-state index contributed by atoms with van der Waals surface area (Å²) in [5.41, 5.74) is 0.807. The number of benzene rings is 1. The minimum atomic E-state index is -0.285. The van der Waals surface area contributed by atoms with Gasteiger partial charge in [-0.05, 0) is 25.5 Å². The predicted octanol–water partition coefficient (Wildman–Crippen LogP) is 1.55. The van der Waals surface area contributed by atoms with Gasteiger partial charge in [0.1, 0.15) is 5.70 Å². The molecule has 110 valence electrons. The Morgan fingerprint density at radius 3 is 2.52 bits per heavy atom. The summed E-state index contributed by atoms with van der Waals surface area (Å²) in [6.07, 6.45) is 2.27. The van der Waals surface area contributed by atoms with Gasteiger partial charge < -0.3 is 9.64 Å². The Balaban J connectivity index is 1.82. The van der Waals surface area contributed by atoms with Gasteiger partial charge in [0.25, 0.3) is 11.8 Å². The number of imide groups is 1. The molecular weight excluding hydrogens is 268 g/mol. The first-order chi connectivity index (χ1) is 10.0. The number of amides is 2. The summed E-state index contributed by atoms with van der Waals surface area (Å²) in [4.78, 5) is 27.9. The summed E-state index contributed by atoms with van der Waals surface area (Å²) < 4.78 is 5.48. The van der Waals surface area contributed by atoms with Gasteiger partial charge in [0.15, 0.2) is 0 Å². The van der Waals surface area contributed by atoms with Crippen LogP contribution in [-0.2, 0) is 14.3 Å². The Morgan fingerprint density at radius 2 is 1.90 bits per heavy atom. The molecule has 0 bridgehead atoms. The van der Waals surface area contributed by atoms with Crippen LogP contribution in [0.15, 0.2) is 42.1 Å². The summed E-state index contributed by atoms with van der Waals surface area (Å²) in [5.74, 6) is -0.543. The molecule has 5 nitrogen and oxygen atoms in total. The second kappa shape index (κ2) is 5.00. The molecule has 0 radical (unpaired) electrons. The van der Waals surface area contributed by atoms with Crippen LogP contribution in [0.3, 0.4) is 0 Å². The van der Waals surface area contributed by atoms with Gasteiger partial charge in [-0.1, -0.05) is 18.2 Å². The monoisotopic (exact) mass is 286 g/mol. The molecule has 1 atom stereocenters. The molecule has 1 aromatic rings. The number of carbonyl (C=O) groups is 2. The van der Waals surface area contributed by atoms with Gasteiger partial charge in [-0.2, -0.15) is 0 Å². The molecule has 3 rings (SSSR count). The van der Waals surface area contributed by atoms with Gasteiger partial charge in [-0.15, -0.1) is 0 Å². The smallest absolute Gasteiger partial charge is 0.281 e. The van der Waals surface area contributed by atoms with Crippen LogP contribution < -0.4 is 4.90 Å². The fourth-order valence-electron chi connectivity index (χ4n) is 2.81. The van der Waals surface area contributed by atoms with Crippen LogP contribution in [0.4, 0.5) is 5.69 Å². The number of anilines is 1. The maximum Gasteiger partial charge on any atom is 0.281 e. The Hall–Kier alpha value is -2.14. The lowest BCUT2D eigenvalue weighted by Gasteiger charge is -2.24. The summed E-state index contributed by atoms with van der Waals surface area (Å²) in [7, 11) is 1.68. The number of likely N-dealkylation sites (tertiary alicyclic amines) is 1. The summed E-state index contributed by atoms with van der Waals surface area (Å²) in [5, 5.41) is 0. The van der Waals surface area contributed by atoms with Crippen molar-refractivity contribution in [3.05, 3.63) is 42.1 Å². The second-order valence-electron chi connectivity index (χ2n) is 5.67. The van der Waals surface area contributed by atoms with Crippen LogP contribution in [0.1, 0.15) is 13.3 Å². The zero-order valence-corrected chi connectivity index (χ0v) is 12.2. The lowest BCUT2D eigenvalue weighted by molar-refractivity contribution is -0.120. The van der Waals surface area contributed by atoms with E-state index in [1.165, 1.54) is 11.0 Å². The highest BCUT2D eigenvalue weighted by atomic mass is 16.5. The third kappa shape index (κ3) is 2.34. The molecule has 1 saturated heterocycles. The standard InChI is InChI=1S/C16H18N2O3/c1-16(21-2)8-9-17(11-16)13-10-14(19)18(15(13)20)12-6-4-3-5-7-12/h3-7,10H,8-9,11H2,1-2H3. The van der Waals surface area contributed by atoms with E-state index in [2.05, 4.69) is 0 Å². The molecular formula is C16H18N2O3. The van der Waals surface area contributed by atoms with Crippen LogP contribution in [-0.4, -0.2) is 42.5 Å². The van der Waals surface area contributed by atoms with Gasteiger partial charge >= 0.3 is 0 Å². The number of nitrogens with zero attached hydrogens (tertiary/aromatic N) is 2. The van der Waals surface area contributed by atoms with Gasteiger partial charge in [0, 0.05) is 26.3 Å². The number of rotatable bonds is 3. The van der Waals surface area contributed by atoms with E-state index in [-0.39, 0.29) is 17.4 Å². The van der Waals surface area contributed by atoms with Crippen molar-refractivity contribution in [2.75, 3.05) is 25.1 Å². The van der Waals surface area contributed by atoms with Gasteiger partial charge in [0.2, 0.25) is 0 Å². The molecule has 2 amide bonds. The van der Waals surface area contributed by atoms with Crippen molar-refractivity contribution in [2.24, 2.45) is 0 Å². The lowest BCUT2D eigenvalue weighted by Crippen LogP contribution is -2.36. The summed E-state index contributed by atoms with van der Waals surface area (Å²) in [6, 6.07) is 9.00. The van der Waals surface area contributed by atoms with E-state index in [4.69, 9.17) is 4.74 Å². The van der Waals surface area contributed by atoms with E-state index in [0.29, 0.717) is 17.9 Å². The van der Waals surface area contributed by atoms with Crippen LogP contribution in [0, 0.1) is 0 Å². The topological polar surface area (TPSA) is 49.9 Å². The van der Waals surface area contributed by atoms with Crippen molar-refractivity contribution < 1.29 is 14.3 Å². The van der Waals surface area contributed by atoms with Crippen LogP contribution >= 0.6 is 0 Å². The van der Waals surface area contributed by atoms with E-state index < -0.39 is 0 Å². The molecule has 0 aromatic heterocycles. The SMILES string of the molecule is COC1(C)CCN(C2=CC(=O)N(c3ccccc3)C2=O)C1. The Labute approximate surface area is 123 Å². The number of ether oxygens (including phenoxy) is 1. The highest BCUT2D eigenvalue weighted by molar-refractivity contribution is 6.30. The number of hydrogen-bond acceptors (Lipinski definition) is 4. The first-order valence-electron chi connectivity index (χ1n) is 6.99. The molecule has 2 aliphatic rings. The molecule has 5 heteroatoms. The zero-order chi connectivity index (χ0) is 15.0. The largest absolute Gasteiger partial charge is 0.377 e. The van der Waals surface area contributed by atoms with Crippen molar-refractivity contribution in [2.45, 2.75) is 18.9 Å². The lowest BCUT2D eigenvalue weighted by atomic mass is 10.1. The summed E-state index contributed by atoms with van der Waals surface area (Å²) >= 11 is 0. The second-order valence-corrected chi connectivity index (χ2v) is 5.67. The molecule has 2 aliphatic heterocycles. The molecule has 0 N–H and O–H groups in total. The van der Waals surface area contributed by atoms with Crippen molar-refractivity contribution in [3.63, 3.8) is 0 Å². The fraction of sp³-hybridized carbons (Fsp3) is 0.375. The highest BCUT2D eigenvalue weighted by Crippen LogP contribution is 2.31. The number of hydrogen-bond donors (Lipinski definition) is 0. The first kappa shape index (κ1) is 13.8. The van der Waals surface area contributed by atoms with Gasteiger partial charge in [-0.3, -0.25) is 9.59 Å². The van der Waals surface area contributed by atoms with E-state index in [1.807, 2.05) is 30.0 Å². The maximum absolute atomic E-state index is 12.6. The van der Waals surface area contributed by atoms with Crippen LogP contribution in [0.2, 0.25) is 0 Å². The van der Waals surface area contributed by atoms with Crippen molar-refractivity contribution in [3.8, 4) is 0 Å². The Bertz CT molecular complexity index is 611. The first-order valence-corrected chi connectivity index (χ1v) is 6.99. The van der Waals surface area contributed by atoms with Crippen LogP contribution in [0.5, 0.6) is 0 Å². The molecule has 2 heterocycles.